The molecule has 0 aliphatic carbocycles. The zero-order valence-electron chi connectivity index (χ0n) is 8.29. The Labute approximate surface area is 87.5 Å². The molecule has 0 amide bonds. The summed E-state index contributed by atoms with van der Waals surface area (Å²) in [4.78, 5) is 20.9. The number of rotatable bonds is 4. The highest BCUT2D eigenvalue weighted by molar-refractivity contribution is 5.72. The Bertz CT molecular complexity index is 388. The predicted molar refractivity (Wildman–Crippen MR) is 55.7 cm³/mol. The van der Waals surface area contributed by atoms with E-state index in [4.69, 9.17) is 4.74 Å². The van der Waals surface area contributed by atoms with Crippen LogP contribution in [0.3, 0.4) is 0 Å². The minimum Gasteiger partial charge on any atom is -0.409 e. The molecule has 0 atom stereocenters. The topological polar surface area (TPSA) is 48.3 Å². The second-order valence-electron chi connectivity index (χ2n) is 2.71. The first-order chi connectivity index (χ1) is 7.24. The standard InChI is InChI=1S/C11H11NO3/c1-10(14)15-11(6-2-5-9-13)12-7-3-4-8-12/h2-9H,1H3/b5-2+,11-6+. The van der Waals surface area contributed by atoms with Gasteiger partial charge in [-0.1, -0.05) is 6.08 Å². The van der Waals surface area contributed by atoms with Crippen molar-refractivity contribution in [3.8, 4) is 0 Å². The lowest BCUT2D eigenvalue weighted by Crippen LogP contribution is -2.03. The van der Waals surface area contributed by atoms with Crippen LogP contribution < -0.4 is 0 Å². The van der Waals surface area contributed by atoms with Crippen molar-refractivity contribution in [3.05, 3.63) is 42.8 Å². The summed E-state index contributed by atoms with van der Waals surface area (Å²) in [7, 11) is 0. The SMILES string of the molecule is CC(=O)O/C(=C/C=C/C=O)n1cccc1. The summed E-state index contributed by atoms with van der Waals surface area (Å²) in [6.45, 7) is 1.32. The first-order valence-electron chi connectivity index (χ1n) is 4.38. The van der Waals surface area contributed by atoms with Gasteiger partial charge in [-0.15, -0.1) is 0 Å². The molecule has 0 aliphatic rings. The summed E-state index contributed by atoms with van der Waals surface area (Å²) >= 11 is 0. The molecule has 0 spiro atoms. The highest BCUT2D eigenvalue weighted by Gasteiger charge is 2.01. The highest BCUT2D eigenvalue weighted by atomic mass is 16.5. The third-order valence-corrected chi connectivity index (χ3v) is 1.54. The molecule has 0 aromatic carbocycles. The van der Waals surface area contributed by atoms with E-state index in [0.717, 1.165) is 0 Å². The van der Waals surface area contributed by atoms with Crippen LogP contribution in [0.15, 0.2) is 42.8 Å². The van der Waals surface area contributed by atoms with Crippen molar-refractivity contribution >= 4 is 18.1 Å². The molecule has 1 rings (SSSR count). The molecule has 78 valence electrons. The first-order valence-corrected chi connectivity index (χ1v) is 4.38. The molecule has 1 aromatic rings. The third-order valence-electron chi connectivity index (χ3n) is 1.54. The van der Waals surface area contributed by atoms with E-state index < -0.39 is 5.97 Å². The first kappa shape index (κ1) is 11.0. The number of allylic oxidation sites excluding steroid dienone is 3. The number of carbonyl (C=O) groups excluding carboxylic acids is 2. The summed E-state index contributed by atoms with van der Waals surface area (Å²) < 4.78 is 6.59. The summed E-state index contributed by atoms with van der Waals surface area (Å²) in [5.41, 5.74) is 0. The van der Waals surface area contributed by atoms with Gasteiger partial charge < -0.3 is 4.74 Å². The van der Waals surface area contributed by atoms with E-state index in [1.807, 2.05) is 0 Å². The lowest BCUT2D eigenvalue weighted by molar-refractivity contribution is -0.134. The Morgan fingerprint density at radius 1 is 1.27 bits per heavy atom. The van der Waals surface area contributed by atoms with E-state index in [0.29, 0.717) is 12.2 Å². The molecule has 1 aromatic heterocycles. The second-order valence-corrected chi connectivity index (χ2v) is 2.71. The van der Waals surface area contributed by atoms with Crippen molar-refractivity contribution in [1.82, 2.24) is 4.57 Å². The van der Waals surface area contributed by atoms with Gasteiger partial charge in [0, 0.05) is 19.3 Å². The maximum Gasteiger partial charge on any atom is 0.309 e. The normalized spacial score (nSPS) is 11.7. The third kappa shape index (κ3) is 3.64. The molecule has 15 heavy (non-hydrogen) atoms. The van der Waals surface area contributed by atoms with Gasteiger partial charge in [-0.2, -0.15) is 0 Å². The molecule has 0 saturated heterocycles. The minimum atomic E-state index is -0.408. The zero-order valence-corrected chi connectivity index (χ0v) is 8.29. The Morgan fingerprint density at radius 2 is 1.93 bits per heavy atom. The van der Waals surface area contributed by atoms with Crippen LogP contribution >= 0.6 is 0 Å². The average Bonchev–Trinajstić information content (AvgIpc) is 2.68. The number of aromatic nitrogens is 1. The van der Waals surface area contributed by atoms with E-state index in [1.165, 1.54) is 25.2 Å². The Balaban J connectivity index is 2.87. The highest BCUT2D eigenvalue weighted by Crippen LogP contribution is 2.07. The van der Waals surface area contributed by atoms with Crippen LogP contribution in [0, 0.1) is 0 Å². The number of esters is 1. The molecule has 0 unspecified atom stereocenters. The molecule has 0 saturated carbocycles. The molecule has 0 fully saturated rings. The van der Waals surface area contributed by atoms with E-state index in [9.17, 15) is 9.59 Å². The second kappa shape index (κ2) is 5.59. The average molecular weight is 205 g/mol. The smallest absolute Gasteiger partial charge is 0.309 e. The molecule has 4 nitrogen and oxygen atoms in total. The number of carbonyl (C=O) groups is 2. The molecule has 0 radical (unpaired) electrons. The van der Waals surface area contributed by atoms with Gasteiger partial charge >= 0.3 is 5.97 Å². The fraction of sp³-hybridized carbons (Fsp3) is 0.0909. The lowest BCUT2D eigenvalue weighted by atomic mass is 10.5. The van der Waals surface area contributed by atoms with Gasteiger partial charge in [-0.3, -0.25) is 14.2 Å². The van der Waals surface area contributed by atoms with Gasteiger partial charge in [0.1, 0.15) is 6.29 Å². The van der Waals surface area contributed by atoms with Gasteiger partial charge in [0.15, 0.2) is 0 Å². The van der Waals surface area contributed by atoms with Crippen LogP contribution in [0.5, 0.6) is 0 Å². The van der Waals surface area contributed by atoms with E-state index in [2.05, 4.69) is 0 Å². The van der Waals surface area contributed by atoms with Crippen molar-refractivity contribution in [3.63, 3.8) is 0 Å². The number of aldehydes is 1. The number of nitrogens with zero attached hydrogens (tertiary/aromatic N) is 1. The van der Waals surface area contributed by atoms with E-state index in [1.54, 1.807) is 29.1 Å². The van der Waals surface area contributed by atoms with Crippen LogP contribution in [0.25, 0.3) is 5.88 Å². The summed E-state index contributed by atoms with van der Waals surface area (Å²) in [6.07, 6.45) is 8.48. The quantitative estimate of drug-likeness (QED) is 0.246. The molecule has 0 N–H and O–H groups in total. The van der Waals surface area contributed by atoms with Crippen LogP contribution in [0.4, 0.5) is 0 Å². The van der Waals surface area contributed by atoms with E-state index in [-0.39, 0.29) is 0 Å². The van der Waals surface area contributed by atoms with Gasteiger partial charge in [-0.25, -0.2) is 0 Å². The molecule has 4 heteroatoms. The predicted octanol–water partition coefficient (Wildman–Crippen LogP) is 1.60. The molecule has 1 heterocycles. The Kier molecular flexibility index (Phi) is 4.09. The fourth-order valence-corrected chi connectivity index (χ4v) is 0.985. The van der Waals surface area contributed by atoms with Crippen LogP contribution in [0.1, 0.15) is 6.92 Å². The van der Waals surface area contributed by atoms with Gasteiger partial charge in [0.05, 0.1) is 0 Å². The fourth-order valence-electron chi connectivity index (χ4n) is 0.985. The van der Waals surface area contributed by atoms with Crippen LogP contribution in [0.2, 0.25) is 0 Å². The largest absolute Gasteiger partial charge is 0.409 e. The Morgan fingerprint density at radius 3 is 2.47 bits per heavy atom. The van der Waals surface area contributed by atoms with E-state index >= 15 is 0 Å². The molecule has 0 aliphatic heterocycles. The maximum absolute atomic E-state index is 10.8. The van der Waals surface area contributed by atoms with Gasteiger partial charge in [-0.05, 0) is 24.3 Å². The lowest BCUT2D eigenvalue weighted by Gasteiger charge is -2.06. The number of ether oxygens (including phenoxy) is 1. The van der Waals surface area contributed by atoms with Crippen LogP contribution in [-0.4, -0.2) is 16.8 Å². The van der Waals surface area contributed by atoms with Crippen molar-refractivity contribution in [2.75, 3.05) is 0 Å². The molecule has 0 bridgehead atoms. The monoisotopic (exact) mass is 205 g/mol. The summed E-state index contributed by atoms with van der Waals surface area (Å²) in [6, 6.07) is 3.61. The van der Waals surface area contributed by atoms with Crippen LogP contribution in [-0.2, 0) is 14.3 Å². The van der Waals surface area contributed by atoms with Crippen molar-refractivity contribution in [2.24, 2.45) is 0 Å². The number of hydrogen-bond donors (Lipinski definition) is 0. The molecular formula is C11H11NO3. The maximum atomic E-state index is 10.8. The Hall–Kier alpha value is -2.10. The van der Waals surface area contributed by atoms with Gasteiger partial charge in [0.25, 0.3) is 0 Å². The number of hydrogen-bond acceptors (Lipinski definition) is 3. The van der Waals surface area contributed by atoms with Crippen molar-refractivity contribution < 1.29 is 14.3 Å². The van der Waals surface area contributed by atoms with Crippen molar-refractivity contribution in [2.45, 2.75) is 6.92 Å². The molecular weight excluding hydrogens is 194 g/mol. The minimum absolute atomic E-state index is 0.352. The zero-order chi connectivity index (χ0) is 11.1. The van der Waals surface area contributed by atoms with Crippen molar-refractivity contribution in [1.29, 1.82) is 0 Å². The summed E-state index contributed by atoms with van der Waals surface area (Å²) in [5.74, 6) is -0.0555. The van der Waals surface area contributed by atoms with Gasteiger partial charge in [0.2, 0.25) is 5.88 Å². The summed E-state index contributed by atoms with van der Waals surface area (Å²) in [5, 5.41) is 0.